The molecule has 0 radical (unpaired) electrons. The van der Waals surface area contributed by atoms with E-state index in [1.807, 2.05) is 0 Å². The zero-order chi connectivity index (χ0) is 16.0. The highest BCUT2D eigenvalue weighted by molar-refractivity contribution is 7.89. The summed E-state index contributed by atoms with van der Waals surface area (Å²) in [7, 11) is -2.30. The largest absolute Gasteiger partial charge is 0.396 e. The number of nitrogens with zero attached hydrogens (tertiary/aromatic N) is 2. The van der Waals surface area contributed by atoms with Crippen LogP contribution in [-0.4, -0.2) is 43.0 Å². The summed E-state index contributed by atoms with van der Waals surface area (Å²) in [5.41, 5.74) is 0.232. The van der Waals surface area contributed by atoms with Crippen molar-refractivity contribution in [3.8, 4) is 0 Å². The molecule has 21 heavy (non-hydrogen) atoms. The van der Waals surface area contributed by atoms with E-state index in [4.69, 9.17) is 5.11 Å². The van der Waals surface area contributed by atoms with Crippen LogP contribution in [0, 0.1) is 17.0 Å². The molecule has 0 spiro atoms. The van der Waals surface area contributed by atoms with Crippen molar-refractivity contribution in [1.82, 2.24) is 4.31 Å². The van der Waals surface area contributed by atoms with E-state index in [1.54, 1.807) is 6.92 Å². The van der Waals surface area contributed by atoms with Crippen molar-refractivity contribution in [2.75, 3.05) is 20.2 Å². The maximum absolute atomic E-state index is 12.4. The van der Waals surface area contributed by atoms with Crippen LogP contribution in [0.3, 0.4) is 0 Å². The molecule has 1 aromatic rings. The van der Waals surface area contributed by atoms with E-state index < -0.39 is 14.9 Å². The highest BCUT2D eigenvalue weighted by atomic mass is 32.2. The Bertz CT molecular complexity index is 601. The quantitative estimate of drug-likeness (QED) is 0.447. The molecule has 0 aliphatic carbocycles. The van der Waals surface area contributed by atoms with Crippen LogP contribution < -0.4 is 0 Å². The van der Waals surface area contributed by atoms with E-state index in [0.29, 0.717) is 24.9 Å². The van der Waals surface area contributed by atoms with Gasteiger partial charge >= 0.3 is 0 Å². The van der Waals surface area contributed by atoms with E-state index in [0.717, 1.165) is 12.5 Å². The van der Waals surface area contributed by atoms with Crippen molar-refractivity contribution >= 4 is 15.7 Å². The Kier molecular flexibility index (Phi) is 6.25. The molecule has 1 aromatic carbocycles. The second-order valence-corrected chi connectivity index (χ2v) is 6.83. The van der Waals surface area contributed by atoms with Crippen LogP contribution in [0.15, 0.2) is 23.1 Å². The van der Waals surface area contributed by atoms with Gasteiger partial charge in [-0.05, 0) is 31.7 Å². The Morgan fingerprint density at radius 2 is 1.95 bits per heavy atom. The van der Waals surface area contributed by atoms with Crippen LogP contribution in [-0.2, 0) is 10.0 Å². The molecule has 0 aliphatic heterocycles. The van der Waals surface area contributed by atoms with Crippen LogP contribution in [0.1, 0.15) is 24.8 Å². The van der Waals surface area contributed by atoms with Gasteiger partial charge in [0.05, 0.1) is 9.82 Å². The average Bonchev–Trinajstić information content (AvgIpc) is 2.43. The molecule has 1 N–H and O–H groups in total. The highest BCUT2D eigenvalue weighted by Gasteiger charge is 2.24. The maximum Gasteiger partial charge on any atom is 0.270 e. The predicted molar refractivity (Wildman–Crippen MR) is 78.6 cm³/mol. The van der Waals surface area contributed by atoms with Crippen LogP contribution in [0.25, 0.3) is 0 Å². The van der Waals surface area contributed by atoms with Crippen LogP contribution in [0.2, 0.25) is 0 Å². The highest BCUT2D eigenvalue weighted by Crippen LogP contribution is 2.24. The Morgan fingerprint density at radius 1 is 1.29 bits per heavy atom. The smallest absolute Gasteiger partial charge is 0.270 e. The number of aryl methyl sites for hydroxylation is 1. The average molecular weight is 316 g/mol. The third-order valence-electron chi connectivity index (χ3n) is 3.20. The number of hydrogen-bond donors (Lipinski definition) is 1. The number of hydrogen-bond acceptors (Lipinski definition) is 5. The molecule has 0 saturated carbocycles. The van der Waals surface area contributed by atoms with E-state index >= 15 is 0 Å². The van der Waals surface area contributed by atoms with Gasteiger partial charge in [-0.2, -0.15) is 0 Å². The molecule has 7 nitrogen and oxygen atoms in total. The van der Waals surface area contributed by atoms with Gasteiger partial charge in [-0.3, -0.25) is 10.1 Å². The fraction of sp³-hybridized carbons (Fsp3) is 0.538. The standard InChI is InChI=1S/C13H20N2O5S/c1-11-6-7-12(15(17)18)10-13(11)21(19,20)14(2)8-4-3-5-9-16/h6-7,10,16H,3-5,8-9H2,1-2H3. The van der Waals surface area contributed by atoms with Gasteiger partial charge in [-0.25, -0.2) is 12.7 Å². The SMILES string of the molecule is Cc1ccc([N+](=O)[O-])cc1S(=O)(=O)N(C)CCCCCO. The van der Waals surface area contributed by atoms with E-state index in [-0.39, 0.29) is 17.2 Å². The first-order valence-corrected chi connectivity index (χ1v) is 8.07. The van der Waals surface area contributed by atoms with Gasteiger partial charge in [0.1, 0.15) is 0 Å². The summed E-state index contributed by atoms with van der Waals surface area (Å²) < 4.78 is 26.1. The number of aliphatic hydroxyl groups excluding tert-OH is 1. The number of nitro groups is 1. The fourth-order valence-corrected chi connectivity index (χ4v) is 3.34. The molecule has 0 unspecified atom stereocenters. The molecule has 0 aliphatic rings. The van der Waals surface area contributed by atoms with E-state index in [2.05, 4.69) is 0 Å². The lowest BCUT2D eigenvalue weighted by Crippen LogP contribution is -2.28. The van der Waals surface area contributed by atoms with Crippen molar-refractivity contribution < 1.29 is 18.4 Å². The minimum Gasteiger partial charge on any atom is -0.396 e. The summed E-state index contributed by atoms with van der Waals surface area (Å²) in [6.45, 7) is 2.00. The lowest BCUT2D eigenvalue weighted by Gasteiger charge is -2.18. The number of benzene rings is 1. The summed E-state index contributed by atoms with van der Waals surface area (Å²) in [5, 5.41) is 19.5. The molecular formula is C13H20N2O5S. The molecule has 8 heteroatoms. The number of sulfonamides is 1. The van der Waals surface area contributed by atoms with Crippen molar-refractivity contribution in [3.05, 3.63) is 33.9 Å². The summed E-state index contributed by atoms with van der Waals surface area (Å²) in [6, 6.07) is 3.81. The molecule has 0 aromatic heterocycles. The zero-order valence-corrected chi connectivity index (χ0v) is 13.0. The second kappa shape index (κ2) is 7.48. The summed E-state index contributed by atoms with van der Waals surface area (Å²) in [5.74, 6) is 0. The lowest BCUT2D eigenvalue weighted by atomic mass is 10.2. The maximum atomic E-state index is 12.4. The Balaban J connectivity index is 2.96. The first kappa shape index (κ1) is 17.5. The molecular weight excluding hydrogens is 296 g/mol. The summed E-state index contributed by atoms with van der Waals surface area (Å²) in [6.07, 6.45) is 1.98. The number of non-ortho nitro benzene ring substituents is 1. The Labute approximate surface area is 124 Å². The van der Waals surface area contributed by atoms with Gasteiger partial charge in [-0.15, -0.1) is 0 Å². The third-order valence-corrected chi connectivity index (χ3v) is 5.20. The first-order chi connectivity index (χ1) is 9.80. The van der Waals surface area contributed by atoms with Crippen molar-refractivity contribution in [2.24, 2.45) is 0 Å². The van der Waals surface area contributed by atoms with Gasteiger partial charge in [-0.1, -0.05) is 6.07 Å². The topological polar surface area (TPSA) is 101 Å². The summed E-state index contributed by atoms with van der Waals surface area (Å²) >= 11 is 0. The van der Waals surface area contributed by atoms with Gasteiger partial charge in [0.15, 0.2) is 0 Å². The molecule has 0 heterocycles. The number of rotatable bonds is 8. The zero-order valence-electron chi connectivity index (χ0n) is 12.2. The minimum atomic E-state index is -3.75. The Hall–Kier alpha value is -1.51. The lowest BCUT2D eigenvalue weighted by molar-refractivity contribution is -0.385. The summed E-state index contributed by atoms with van der Waals surface area (Å²) in [4.78, 5) is 10.1. The van der Waals surface area contributed by atoms with Crippen molar-refractivity contribution in [3.63, 3.8) is 0 Å². The third kappa shape index (κ3) is 4.48. The normalized spacial score (nSPS) is 11.8. The molecule has 118 valence electrons. The van der Waals surface area contributed by atoms with Crippen molar-refractivity contribution in [1.29, 1.82) is 0 Å². The molecule has 0 atom stereocenters. The second-order valence-electron chi connectivity index (χ2n) is 4.82. The predicted octanol–water partition coefficient (Wildman–Crippen LogP) is 1.69. The van der Waals surface area contributed by atoms with Crippen LogP contribution in [0.5, 0.6) is 0 Å². The number of nitro benzene ring substituents is 1. The minimum absolute atomic E-state index is 0.0404. The molecule has 0 saturated heterocycles. The first-order valence-electron chi connectivity index (χ1n) is 6.63. The van der Waals surface area contributed by atoms with Crippen LogP contribution >= 0.6 is 0 Å². The number of aliphatic hydroxyl groups is 1. The fourth-order valence-electron chi connectivity index (χ4n) is 1.89. The molecule has 0 fully saturated rings. The molecule has 1 rings (SSSR count). The van der Waals surface area contributed by atoms with Crippen molar-refractivity contribution in [2.45, 2.75) is 31.1 Å². The Morgan fingerprint density at radius 3 is 2.52 bits per heavy atom. The van der Waals surface area contributed by atoms with Gasteiger partial charge in [0.25, 0.3) is 5.69 Å². The monoisotopic (exact) mass is 316 g/mol. The molecule has 0 bridgehead atoms. The van der Waals surface area contributed by atoms with Crippen LogP contribution in [0.4, 0.5) is 5.69 Å². The van der Waals surface area contributed by atoms with Gasteiger partial charge < -0.3 is 5.11 Å². The number of unbranched alkanes of at least 4 members (excludes halogenated alkanes) is 2. The van der Waals surface area contributed by atoms with Gasteiger partial charge in [0, 0.05) is 32.3 Å². The van der Waals surface area contributed by atoms with Gasteiger partial charge in [0.2, 0.25) is 10.0 Å². The van der Waals surface area contributed by atoms with E-state index in [1.165, 1.54) is 23.5 Å². The van der Waals surface area contributed by atoms with E-state index in [9.17, 15) is 18.5 Å². The molecule has 0 amide bonds.